The largest absolute Gasteiger partial charge is 0.302 e. The van der Waals surface area contributed by atoms with Crippen LogP contribution >= 0.6 is 0 Å². The molecule has 0 aromatic rings. The van der Waals surface area contributed by atoms with Crippen LogP contribution in [0, 0.1) is 0 Å². The molecule has 0 radical (unpaired) electrons. The van der Waals surface area contributed by atoms with Gasteiger partial charge in [-0.05, 0) is 12.8 Å². The van der Waals surface area contributed by atoms with Crippen molar-refractivity contribution in [2.45, 2.75) is 39.2 Å². The first kappa shape index (κ1) is 12.6. The highest BCUT2D eigenvalue weighted by atomic mass is 32.2. The van der Waals surface area contributed by atoms with Crippen LogP contribution in [0.2, 0.25) is 0 Å². The van der Waals surface area contributed by atoms with E-state index in [-0.39, 0.29) is 5.75 Å². The van der Waals surface area contributed by atoms with Crippen molar-refractivity contribution in [3.05, 3.63) is 0 Å². The van der Waals surface area contributed by atoms with Gasteiger partial charge >= 0.3 is 0 Å². The lowest BCUT2D eigenvalue weighted by Crippen LogP contribution is -2.36. The zero-order valence-electron chi connectivity index (χ0n) is 8.12. The molecular formula is C8H17NO3S. The molecule has 1 unspecified atom stereocenters. The maximum Gasteiger partial charge on any atom is 0.212 e. The molecule has 0 aromatic heterocycles. The Balaban J connectivity index is 4.07. The molecule has 0 amide bonds. The minimum Gasteiger partial charge on any atom is -0.302 e. The Bertz CT molecular complexity index is 236. The SMILES string of the molecule is CCCCS(=O)(=O)NC(C=O)CC. The van der Waals surface area contributed by atoms with Gasteiger partial charge in [0.05, 0.1) is 11.8 Å². The maximum atomic E-state index is 11.2. The topological polar surface area (TPSA) is 63.2 Å². The van der Waals surface area contributed by atoms with Crippen molar-refractivity contribution in [3.63, 3.8) is 0 Å². The molecule has 4 nitrogen and oxygen atoms in total. The molecule has 1 N–H and O–H groups in total. The molecule has 0 saturated carbocycles. The number of carbonyl (C=O) groups excluding carboxylic acids is 1. The third-order valence-electron chi connectivity index (χ3n) is 1.70. The summed E-state index contributed by atoms with van der Waals surface area (Å²) in [7, 11) is -3.25. The summed E-state index contributed by atoms with van der Waals surface area (Å²) in [6.45, 7) is 3.69. The summed E-state index contributed by atoms with van der Waals surface area (Å²) in [5.41, 5.74) is 0. The van der Waals surface area contributed by atoms with E-state index < -0.39 is 16.1 Å². The van der Waals surface area contributed by atoms with Crippen LogP contribution in [0.15, 0.2) is 0 Å². The monoisotopic (exact) mass is 207 g/mol. The first-order valence-electron chi connectivity index (χ1n) is 4.51. The van der Waals surface area contributed by atoms with Crippen LogP contribution in [0.5, 0.6) is 0 Å². The second-order valence-electron chi connectivity index (χ2n) is 2.94. The Hall–Kier alpha value is -0.420. The lowest BCUT2D eigenvalue weighted by molar-refractivity contribution is -0.109. The van der Waals surface area contributed by atoms with E-state index in [4.69, 9.17) is 0 Å². The number of unbranched alkanes of at least 4 members (excludes halogenated alkanes) is 1. The van der Waals surface area contributed by atoms with E-state index in [0.29, 0.717) is 19.1 Å². The summed E-state index contributed by atoms with van der Waals surface area (Å²) in [5, 5.41) is 0. The Kier molecular flexibility index (Phi) is 5.90. The fourth-order valence-electron chi connectivity index (χ4n) is 0.831. The summed E-state index contributed by atoms with van der Waals surface area (Å²) in [4.78, 5) is 10.4. The van der Waals surface area contributed by atoms with Gasteiger partial charge in [-0.25, -0.2) is 13.1 Å². The first-order chi connectivity index (χ1) is 6.05. The van der Waals surface area contributed by atoms with Gasteiger partial charge < -0.3 is 4.79 Å². The quantitative estimate of drug-likeness (QED) is 0.624. The highest BCUT2D eigenvalue weighted by molar-refractivity contribution is 7.89. The number of hydrogen-bond donors (Lipinski definition) is 1. The summed E-state index contributed by atoms with van der Waals surface area (Å²) in [6.07, 6.45) is 2.59. The third-order valence-corrected chi connectivity index (χ3v) is 3.19. The van der Waals surface area contributed by atoms with Gasteiger partial charge in [-0.2, -0.15) is 0 Å². The average Bonchev–Trinajstić information content (AvgIpc) is 2.11. The number of carbonyl (C=O) groups is 1. The molecule has 0 aliphatic rings. The Morgan fingerprint density at radius 3 is 2.38 bits per heavy atom. The van der Waals surface area contributed by atoms with Crippen LogP contribution in [0.3, 0.4) is 0 Å². The molecule has 0 saturated heterocycles. The van der Waals surface area contributed by atoms with Crippen LogP contribution in [0.25, 0.3) is 0 Å². The van der Waals surface area contributed by atoms with Crippen molar-refractivity contribution in [1.82, 2.24) is 4.72 Å². The Labute approximate surface area is 79.8 Å². The highest BCUT2D eigenvalue weighted by Crippen LogP contribution is 1.96. The van der Waals surface area contributed by atoms with Crippen LogP contribution in [-0.2, 0) is 14.8 Å². The zero-order chi connectivity index (χ0) is 10.3. The first-order valence-corrected chi connectivity index (χ1v) is 6.16. The smallest absolute Gasteiger partial charge is 0.212 e. The molecule has 0 aromatic carbocycles. The van der Waals surface area contributed by atoms with E-state index in [1.807, 2.05) is 6.92 Å². The van der Waals surface area contributed by atoms with Crippen molar-refractivity contribution in [3.8, 4) is 0 Å². The van der Waals surface area contributed by atoms with E-state index >= 15 is 0 Å². The van der Waals surface area contributed by atoms with E-state index in [1.54, 1.807) is 6.92 Å². The molecule has 0 spiro atoms. The van der Waals surface area contributed by atoms with E-state index in [0.717, 1.165) is 6.42 Å². The van der Waals surface area contributed by atoms with Crippen molar-refractivity contribution >= 4 is 16.3 Å². The van der Waals surface area contributed by atoms with Gasteiger partial charge in [-0.1, -0.05) is 20.3 Å². The van der Waals surface area contributed by atoms with Crippen molar-refractivity contribution in [2.75, 3.05) is 5.75 Å². The number of aldehydes is 1. The van der Waals surface area contributed by atoms with Gasteiger partial charge in [0.2, 0.25) is 10.0 Å². The Morgan fingerprint density at radius 2 is 2.00 bits per heavy atom. The predicted molar refractivity (Wildman–Crippen MR) is 52.0 cm³/mol. The number of nitrogens with one attached hydrogen (secondary N) is 1. The van der Waals surface area contributed by atoms with Gasteiger partial charge in [0.25, 0.3) is 0 Å². The minimum absolute atomic E-state index is 0.105. The lowest BCUT2D eigenvalue weighted by Gasteiger charge is -2.10. The van der Waals surface area contributed by atoms with Gasteiger partial charge in [0.1, 0.15) is 6.29 Å². The second kappa shape index (κ2) is 6.10. The lowest BCUT2D eigenvalue weighted by atomic mass is 10.3. The molecule has 78 valence electrons. The molecule has 0 heterocycles. The second-order valence-corrected chi connectivity index (χ2v) is 4.81. The Morgan fingerprint density at radius 1 is 1.38 bits per heavy atom. The molecule has 0 bridgehead atoms. The normalized spacial score (nSPS) is 14.0. The molecule has 13 heavy (non-hydrogen) atoms. The average molecular weight is 207 g/mol. The fourth-order valence-corrected chi connectivity index (χ4v) is 2.30. The molecule has 0 rings (SSSR count). The number of hydrogen-bond acceptors (Lipinski definition) is 3. The summed E-state index contributed by atoms with van der Waals surface area (Å²) in [5.74, 6) is 0.105. The van der Waals surface area contributed by atoms with Crippen molar-refractivity contribution < 1.29 is 13.2 Å². The molecule has 1 atom stereocenters. The summed E-state index contributed by atoms with van der Waals surface area (Å²) >= 11 is 0. The standard InChI is InChI=1S/C8H17NO3S/c1-3-5-6-13(11,12)9-8(4-2)7-10/h7-9H,3-6H2,1-2H3. The molecule has 0 fully saturated rings. The minimum atomic E-state index is -3.25. The van der Waals surface area contributed by atoms with Crippen LogP contribution < -0.4 is 4.72 Å². The zero-order valence-corrected chi connectivity index (χ0v) is 8.93. The van der Waals surface area contributed by atoms with Crippen LogP contribution in [-0.4, -0.2) is 26.5 Å². The van der Waals surface area contributed by atoms with Gasteiger partial charge in [-0.3, -0.25) is 0 Å². The van der Waals surface area contributed by atoms with Crippen LogP contribution in [0.4, 0.5) is 0 Å². The van der Waals surface area contributed by atoms with Crippen molar-refractivity contribution in [1.29, 1.82) is 0 Å². The molecule has 0 aliphatic heterocycles. The summed E-state index contributed by atoms with van der Waals surface area (Å²) < 4.78 is 24.8. The highest BCUT2D eigenvalue weighted by Gasteiger charge is 2.14. The number of rotatable bonds is 7. The maximum absolute atomic E-state index is 11.2. The van der Waals surface area contributed by atoms with Gasteiger partial charge in [0.15, 0.2) is 0 Å². The van der Waals surface area contributed by atoms with E-state index in [2.05, 4.69) is 4.72 Å². The fraction of sp³-hybridized carbons (Fsp3) is 0.875. The number of sulfonamides is 1. The van der Waals surface area contributed by atoms with E-state index in [1.165, 1.54) is 0 Å². The molecular weight excluding hydrogens is 190 g/mol. The summed E-state index contributed by atoms with van der Waals surface area (Å²) in [6, 6.07) is -0.568. The molecule has 0 aliphatic carbocycles. The molecule has 5 heteroatoms. The van der Waals surface area contributed by atoms with Gasteiger partial charge in [0, 0.05) is 0 Å². The van der Waals surface area contributed by atoms with Gasteiger partial charge in [-0.15, -0.1) is 0 Å². The predicted octanol–water partition coefficient (Wildman–Crippen LogP) is 0.683. The van der Waals surface area contributed by atoms with Crippen LogP contribution in [0.1, 0.15) is 33.1 Å². The van der Waals surface area contributed by atoms with E-state index in [9.17, 15) is 13.2 Å². The third kappa shape index (κ3) is 5.76. The van der Waals surface area contributed by atoms with Crippen molar-refractivity contribution in [2.24, 2.45) is 0 Å².